The zero-order valence-corrected chi connectivity index (χ0v) is 16.8. The minimum Gasteiger partial charge on any atom is -0.392 e. The minimum atomic E-state index is -0.496. The van der Waals surface area contributed by atoms with Gasteiger partial charge in [-0.25, -0.2) is 0 Å². The molecule has 0 aromatic carbocycles. The van der Waals surface area contributed by atoms with E-state index in [1.165, 1.54) is 17.1 Å². The van der Waals surface area contributed by atoms with Crippen LogP contribution in [0.3, 0.4) is 0 Å². The normalized spacial score (nSPS) is 35.0. The number of thioether (sulfide) groups is 2. The van der Waals surface area contributed by atoms with Gasteiger partial charge in [0.25, 0.3) is 0 Å². The second-order valence-electron chi connectivity index (χ2n) is 8.13. The SMILES string of the molecule is C=C[C@](C)(C[C@@H](O)[C@@]1(C)C2=C(CCC2=O)CC[C@@H]1C)C1SCCS1. The lowest BCUT2D eigenvalue weighted by atomic mass is 9.60. The van der Waals surface area contributed by atoms with Crippen molar-refractivity contribution in [2.45, 2.75) is 63.6 Å². The summed E-state index contributed by atoms with van der Waals surface area (Å²) in [5.74, 6) is 2.97. The second kappa shape index (κ2) is 6.85. The average Bonchev–Trinajstić information content (AvgIpc) is 3.21. The highest BCUT2D eigenvalue weighted by molar-refractivity contribution is 8.20. The van der Waals surface area contributed by atoms with Crippen molar-refractivity contribution in [3.8, 4) is 0 Å². The number of carbonyl (C=O) groups excluding carboxylic acids is 1. The number of Topliss-reactive ketones (excluding diaryl/α,β-unsaturated/α-hetero) is 1. The van der Waals surface area contributed by atoms with Crippen LogP contribution >= 0.6 is 23.5 Å². The Balaban J connectivity index is 1.89. The van der Waals surface area contributed by atoms with Gasteiger partial charge in [-0.1, -0.05) is 32.4 Å². The molecule has 3 rings (SSSR count). The van der Waals surface area contributed by atoms with Gasteiger partial charge in [0, 0.05) is 34.3 Å². The molecule has 2 nitrogen and oxygen atoms in total. The van der Waals surface area contributed by atoms with E-state index < -0.39 is 11.5 Å². The number of allylic oxidation sites excluding steroid dienone is 2. The molecule has 134 valence electrons. The Morgan fingerprint density at radius 1 is 1.38 bits per heavy atom. The van der Waals surface area contributed by atoms with Gasteiger partial charge in [-0.3, -0.25) is 4.79 Å². The highest BCUT2D eigenvalue weighted by Crippen LogP contribution is 2.55. The van der Waals surface area contributed by atoms with Gasteiger partial charge in [-0.15, -0.1) is 30.1 Å². The molecule has 1 aliphatic heterocycles. The Kier molecular flexibility index (Phi) is 5.30. The summed E-state index contributed by atoms with van der Waals surface area (Å²) >= 11 is 3.97. The third kappa shape index (κ3) is 2.93. The van der Waals surface area contributed by atoms with Gasteiger partial charge >= 0.3 is 0 Å². The zero-order valence-electron chi connectivity index (χ0n) is 15.1. The molecule has 2 aliphatic carbocycles. The van der Waals surface area contributed by atoms with Crippen molar-refractivity contribution in [3.63, 3.8) is 0 Å². The number of aliphatic hydroxyl groups excluding tert-OH is 1. The Labute approximate surface area is 154 Å². The molecule has 4 heteroatoms. The van der Waals surface area contributed by atoms with Crippen LogP contribution in [0.5, 0.6) is 0 Å². The third-order valence-corrected chi connectivity index (χ3v) is 10.3. The predicted octanol–water partition coefficient (Wildman–Crippen LogP) is 4.83. The summed E-state index contributed by atoms with van der Waals surface area (Å²) in [5, 5.41) is 11.3. The monoisotopic (exact) mass is 366 g/mol. The quantitative estimate of drug-likeness (QED) is 0.707. The molecule has 24 heavy (non-hydrogen) atoms. The van der Waals surface area contributed by atoms with Crippen molar-refractivity contribution in [1.82, 2.24) is 0 Å². The Bertz CT molecular complexity index is 564. The molecule has 0 aromatic heterocycles. The van der Waals surface area contributed by atoms with Crippen molar-refractivity contribution >= 4 is 29.3 Å². The zero-order chi connectivity index (χ0) is 17.5. The lowest BCUT2D eigenvalue weighted by Crippen LogP contribution is -2.46. The predicted molar refractivity (Wildman–Crippen MR) is 105 cm³/mol. The van der Waals surface area contributed by atoms with Gasteiger partial charge in [0.05, 0.1) is 10.7 Å². The third-order valence-electron chi connectivity index (χ3n) is 6.68. The van der Waals surface area contributed by atoms with Crippen LogP contribution in [0.4, 0.5) is 0 Å². The van der Waals surface area contributed by atoms with E-state index in [0.717, 1.165) is 24.8 Å². The molecule has 0 radical (unpaired) electrons. The molecule has 1 saturated heterocycles. The Hall–Kier alpha value is -0.190. The van der Waals surface area contributed by atoms with Gasteiger partial charge < -0.3 is 5.11 Å². The van der Waals surface area contributed by atoms with Crippen molar-refractivity contribution in [1.29, 1.82) is 0 Å². The lowest BCUT2D eigenvalue weighted by Gasteiger charge is -2.47. The first-order chi connectivity index (χ1) is 11.3. The number of hydrogen-bond donors (Lipinski definition) is 1. The van der Waals surface area contributed by atoms with Crippen LogP contribution < -0.4 is 0 Å². The maximum Gasteiger partial charge on any atom is 0.159 e. The Morgan fingerprint density at radius 3 is 2.67 bits per heavy atom. The molecule has 0 spiro atoms. The van der Waals surface area contributed by atoms with Gasteiger partial charge in [0.15, 0.2) is 5.78 Å². The summed E-state index contributed by atoms with van der Waals surface area (Å²) in [6.07, 6.45) is 5.91. The van der Waals surface area contributed by atoms with Crippen LogP contribution in [0.1, 0.15) is 52.9 Å². The molecule has 0 saturated carbocycles. The van der Waals surface area contributed by atoms with Gasteiger partial charge in [-0.2, -0.15) is 0 Å². The van der Waals surface area contributed by atoms with E-state index in [9.17, 15) is 9.90 Å². The maximum atomic E-state index is 12.6. The van der Waals surface area contributed by atoms with E-state index in [1.54, 1.807) is 0 Å². The molecule has 3 aliphatic rings. The molecule has 1 fully saturated rings. The maximum absolute atomic E-state index is 12.6. The van der Waals surface area contributed by atoms with Crippen LogP contribution in [-0.4, -0.2) is 33.1 Å². The van der Waals surface area contributed by atoms with Crippen molar-refractivity contribution in [2.75, 3.05) is 11.5 Å². The van der Waals surface area contributed by atoms with Crippen LogP contribution in [-0.2, 0) is 4.79 Å². The fraction of sp³-hybridized carbons (Fsp3) is 0.750. The highest BCUT2D eigenvalue weighted by atomic mass is 32.2. The average molecular weight is 367 g/mol. The highest BCUT2D eigenvalue weighted by Gasteiger charge is 2.51. The summed E-state index contributed by atoms with van der Waals surface area (Å²) in [6, 6.07) is 0. The molecule has 4 atom stereocenters. The number of hydrogen-bond acceptors (Lipinski definition) is 4. The first-order valence-corrected chi connectivity index (χ1v) is 11.2. The molecule has 0 amide bonds. The van der Waals surface area contributed by atoms with E-state index in [-0.39, 0.29) is 11.2 Å². The lowest BCUT2D eigenvalue weighted by molar-refractivity contribution is -0.118. The molecule has 0 bridgehead atoms. The van der Waals surface area contributed by atoms with E-state index in [0.29, 0.717) is 23.3 Å². The largest absolute Gasteiger partial charge is 0.392 e. The minimum absolute atomic E-state index is 0.103. The van der Waals surface area contributed by atoms with Crippen LogP contribution in [0.25, 0.3) is 0 Å². The summed E-state index contributed by atoms with van der Waals surface area (Å²) in [7, 11) is 0. The van der Waals surface area contributed by atoms with Crippen LogP contribution in [0.15, 0.2) is 23.8 Å². The summed E-state index contributed by atoms with van der Waals surface area (Å²) in [4.78, 5) is 12.6. The van der Waals surface area contributed by atoms with Gasteiger partial charge in [0.2, 0.25) is 0 Å². The van der Waals surface area contributed by atoms with Crippen molar-refractivity contribution in [3.05, 3.63) is 23.8 Å². The second-order valence-corrected chi connectivity index (χ2v) is 10.9. The molecular formula is C20H30O2S2. The molecule has 0 aromatic rings. The summed E-state index contributed by atoms with van der Waals surface area (Å²) < 4.78 is 0.458. The van der Waals surface area contributed by atoms with Gasteiger partial charge in [0.1, 0.15) is 0 Å². The van der Waals surface area contributed by atoms with Crippen molar-refractivity contribution in [2.24, 2.45) is 16.7 Å². The summed E-state index contributed by atoms with van der Waals surface area (Å²) in [6.45, 7) is 10.7. The van der Waals surface area contributed by atoms with Crippen molar-refractivity contribution < 1.29 is 9.90 Å². The molecule has 0 unspecified atom stereocenters. The molecular weight excluding hydrogens is 336 g/mol. The van der Waals surface area contributed by atoms with E-state index in [2.05, 4.69) is 27.4 Å². The molecule has 1 heterocycles. The topological polar surface area (TPSA) is 37.3 Å². The number of carbonyl (C=O) groups is 1. The van der Waals surface area contributed by atoms with E-state index in [4.69, 9.17) is 0 Å². The number of rotatable bonds is 5. The fourth-order valence-electron chi connectivity index (χ4n) is 4.72. The van der Waals surface area contributed by atoms with Gasteiger partial charge in [-0.05, 0) is 31.6 Å². The first kappa shape index (κ1) is 18.6. The molecule has 1 N–H and O–H groups in total. The fourth-order valence-corrected chi connectivity index (χ4v) is 8.03. The number of ketones is 1. The van der Waals surface area contributed by atoms with E-state index >= 15 is 0 Å². The first-order valence-electron chi connectivity index (χ1n) is 9.13. The summed E-state index contributed by atoms with van der Waals surface area (Å²) in [5.41, 5.74) is 1.80. The standard InChI is InChI=1S/C20H30O2S2/c1-5-19(3,18-23-10-11-24-18)12-16(22)20(4)13(2)6-7-14-8-9-15(21)17(14)20/h5,13,16,18,22H,1,6-12H2,2-4H3/t13-,16+,19+,20-/m0/s1. The van der Waals surface area contributed by atoms with E-state index in [1.807, 2.05) is 29.6 Å². The van der Waals surface area contributed by atoms with Crippen LogP contribution in [0.2, 0.25) is 0 Å². The number of aliphatic hydroxyl groups is 1. The smallest absolute Gasteiger partial charge is 0.159 e. The Morgan fingerprint density at radius 2 is 2.04 bits per heavy atom. The van der Waals surface area contributed by atoms with Crippen LogP contribution in [0, 0.1) is 16.7 Å².